The Balaban J connectivity index is 2.06. The van der Waals surface area contributed by atoms with Gasteiger partial charge in [-0.15, -0.1) is 0 Å². The predicted octanol–water partition coefficient (Wildman–Crippen LogP) is 5.05. The van der Waals surface area contributed by atoms with Gasteiger partial charge in [-0.25, -0.2) is 4.79 Å². The molecule has 6 heteroatoms. The van der Waals surface area contributed by atoms with E-state index in [2.05, 4.69) is 26.8 Å². The van der Waals surface area contributed by atoms with E-state index in [1.54, 1.807) is 32.9 Å². The summed E-state index contributed by atoms with van der Waals surface area (Å²) in [4.78, 5) is 13.2. The third-order valence-corrected chi connectivity index (χ3v) is 8.31. The van der Waals surface area contributed by atoms with Crippen LogP contribution >= 0.6 is 0 Å². The smallest absolute Gasteiger partial charge is 0.339 e. The summed E-state index contributed by atoms with van der Waals surface area (Å²) < 4.78 is 12.0. The van der Waals surface area contributed by atoms with E-state index >= 15 is 0 Å². The number of rotatable bonds is 10. The molecule has 0 aromatic rings. The van der Waals surface area contributed by atoms with Crippen molar-refractivity contribution in [2.45, 2.75) is 129 Å². The highest BCUT2D eigenvalue weighted by molar-refractivity contribution is 5.80. The number of ether oxygens (including phenoxy) is 2. The molecule has 196 valence electrons. The second-order valence-corrected chi connectivity index (χ2v) is 11.8. The van der Waals surface area contributed by atoms with Gasteiger partial charge in [0.05, 0.1) is 11.2 Å². The second-order valence-electron chi connectivity index (χ2n) is 11.8. The third-order valence-electron chi connectivity index (χ3n) is 8.31. The van der Waals surface area contributed by atoms with Crippen molar-refractivity contribution >= 4 is 5.97 Å². The van der Waals surface area contributed by atoms with Crippen LogP contribution in [0.3, 0.4) is 0 Å². The fourth-order valence-corrected chi connectivity index (χ4v) is 4.83. The molecule has 0 spiro atoms. The van der Waals surface area contributed by atoms with Crippen LogP contribution in [0.25, 0.3) is 0 Å². The third kappa shape index (κ3) is 6.51. The average Bonchev–Trinajstić information content (AvgIpc) is 2.75. The fourth-order valence-electron chi connectivity index (χ4n) is 4.83. The first kappa shape index (κ1) is 29.0. The van der Waals surface area contributed by atoms with Gasteiger partial charge in [-0.2, -0.15) is 0 Å². The summed E-state index contributed by atoms with van der Waals surface area (Å²) in [6.45, 7) is 15.6. The largest absolute Gasteiger partial charge is 0.453 e. The lowest BCUT2D eigenvalue weighted by molar-refractivity contribution is -0.215. The molecule has 0 aromatic heterocycles. The molecule has 0 radical (unpaired) electrons. The number of aliphatic hydroxyl groups is 3. The Bertz CT molecular complexity index is 771. The molecule has 6 nitrogen and oxygen atoms in total. The van der Waals surface area contributed by atoms with Gasteiger partial charge in [0, 0.05) is 6.42 Å². The number of carbonyl (C=O) groups excluding carboxylic acids is 1. The summed E-state index contributed by atoms with van der Waals surface area (Å²) in [5.74, 6) is -0.833. The number of carbonyl (C=O) groups is 1. The number of allylic oxidation sites excluding steroid dienone is 1. The first-order valence-corrected chi connectivity index (χ1v) is 13.0. The topological polar surface area (TPSA) is 96.2 Å². The van der Waals surface area contributed by atoms with Gasteiger partial charge in [0.1, 0.15) is 5.60 Å². The maximum atomic E-state index is 13.2. The van der Waals surface area contributed by atoms with E-state index in [0.717, 1.165) is 19.3 Å². The van der Waals surface area contributed by atoms with Gasteiger partial charge in [-0.3, -0.25) is 0 Å². The summed E-state index contributed by atoms with van der Waals surface area (Å²) >= 11 is 0. The summed E-state index contributed by atoms with van der Waals surface area (Å²) in [5.41, 5.74) is -2.67. The van der Waals surface area contributed by atoms with Gasteiger partial charge in [0.15, 0.2) is 11.9 Å². The molecule has 2 aliphatic rings. The Labute approximate surface area is 206 Å². The monoisotopic (exact) mass is 480 g/mol. The van der Waals surface area contributed by atoms with Crippen LogP contribution in [0, 0.1) is 17.8 Å². The molecule has 34 heavy (non-hydrogen) atoms. The molecule has 0 heterocycles. The van der Waals surface area contributed by atoms with E-state index in [0.29, 0.717) is 12.8 Å². The van der Waals surface area contributed by atoms with Crippen LogP contribution < -0.4 is 0 Å². The Kier molecular flexibility index (Phi) is 9.23. The highest BCUT2D eigenvalue weighted by Crippen LogP contribution is 2.40. The zero-order valence-corrected chi connectivity index (χ0v) is 22.6. The highest BCUT2D eigenvalue weighted by atomic mass is 16.6. The Hall–Kier alpha value is -1.21. The molecule has 5 unspecified atom stereocenters. The molecule has 0 aromatic carbocycles. The molecule has 0 amide bonds. The molecule has 5 atom stereocenters. The molecule has 3 N–H and O–H groups in total. The van der Waals surface area contributed by atoms with Crippen LogP contribution in [-0.4, -0.2) is 50.0 Å². The molecule has 0 saturated heterocycles. The van der Waals surface area contributed by atoms with Crippen LogP contribution in [0.2, 0.25) is 0 Å². The SMILES string of the molecule is CC1=CCC(OC(O)CCC(O)(C(=O)OC2(C)C=CC(O)(C(C)C)CC2)C(C)C)(C(C)C)CC1. The number of hydrogen-bond donors (Lipinski definition) is 3. The van der Waals surface area contributed by atoms with Gasteiger partial charge in [0.2, 0.25) is 0 Å². The van der Waals surface area contributed by atoms with Gasteiger partial charge in [-0.05, 0) is 76.2 Å². The molecule has 2 rings (SSSR count). The lowest BCUT2D eigenvalue weighted by atomic mass is 9.77. The van der Waals surface area contributed by atoms with Crippen molar-refractivity contribution in [1.29, 1.82) is 0 Å². The average molecular weight is 481 g/mol. The Morgan fingerprint density at radius 1 is 1.09 bits per heavy atom. The maximum absolute atomic E-state index is 13.2. The van der Waals surface area contributed by atoms with E-state index in [1.165, 1.54) is 5.57 Å². The maximum Gasteiger partial charge on any atom is 0.339 e. The normalized spacial score (nSPS) is 32.6. The number of esters is 1. The van der Waals surface area contributed by atoms with E-state index < -0.39 is 40.6 Å². The molecular weight excluding hydrogens is 432 g/mol. The van der Waals surface area contributed by atoms with Crippen LogP contribution in [0.5, 0.6) is 0 Å². The van der Waals surface area contributed by atoms with Crippen LogP contribution in [0.15, 0.2) is 23.8 Å². The minimum absolute atomic E-state index is 0.0312. The Morgan fingerprint density at radius 3 is 2.18 bits per heavy atom. The van der Waals surface area contributed by atoms with Gasteiger partial charge in [0.25, 0.3) is 0 Å². The van der Waals surface area contributed by atoms with Crippen molar-refractivity contribution < 1.29 is 29.6 Å². The van der Waals surface area contributed by atoms with E-state index in [-0.39, 0.29) is 24.7 Å². The summed E-state index contributed by atoms with van der Waals surface area (Å²) in [5, 5.41) is 32.8. The number of hydrogen-bond acceptors (Lipinski definition) is 6. The Morgan fingerprint density at radius 2 is 1.74 bits per heavy atom. The van der Waals surface area contributed by atoms with Crippen molar-refractivity contribution in [3.63, 3.8) is 0 Å². The van der Waals surface area contributed by atoms with Crippen molar-refractivity contribution in [1.82, 2.24) is 0 Å². The molecule has 0 saturated carbocycles. The fraction of sp³-hybridized carbons (Fsp3) is 0.821. The molecule has 0 aliphatic heterocycles. The van der Waals surface area contributed by atoms with Crippen LogP contribution in [-0.2, 0) is 14.3 Å². The summed E-state index contributed by atoms with van der Waals surface area (Å²) in [6.07, 6.45) is 8.16. The van der Waals surface area contributed by atoms with Gasteiger partial charge < -0.3 is 24.8 Å². The first-order valence-electron chi connectivity index (χ1n) is 13.0. The van der Waals surface area contributed by atoms with Crippen LogP contribution in [0.4, 0.5) is 0 Å². The summed E-state index contributed by atoms with van der Waals surface area (Å²) in [6, 6.07) is 0. The van der Waals surface area contributed by atoms with Gasteiger partial charge >= 0.3 is 5.97 Å². The molecule has 0 fully saturated rings. The van der Waals surface area contributed by atoms with E-state index in [4.69, 9.17) is 9.47 Å². The second kappa shape index (κ2) is 10.8. The predicted molar refractivity (Wildman–Crippen MR) is 134 cm³/mol. The highest BCUT2D eigenvalue weighted by Gasteiger charge is 2.46. The number of aliphatic hydroxyl groups excluding tert-OH is 1. The minimum Gasteiger partial charge on any atom is -0.453 e. The molecule has 2 aliphatic carbocycles. The lowest BCUT2D eigenvalue weighted by Gasteiger charge is -2.42. The van der Waals surface area contributed by atoms with Crippen molar-refractivity contribution in [2.75, 3.05) is 0 Å². The van der Waals surface area contributed by atoms with Crippen molar-refractivity contribution in [2.24, 2.45) is 17.8 Å². The molecule has 0 bridgehead atoms. The quantitative estimate of drug-likeness (QED) is 0.230. The first-order chi connectivity index (χ1) is 15.6. The minimum atomic E-state index is -1.75. The summed E-state index contributed by atoms with van der Waals surface area (Å²) in [7, 11) is 0. The van der Waals surface area contributed by atoms with E-state index in [1.807, 2.05) is 13.8 Å². The molecular formula is C28H48O6. The van der Waals surface area contributed by atoms with Crippen molar-refractivity contribution in [3.05, 3.63) is 23.8 Å². The standard InChI is InChI=1S/C28H48O6/c1-19(2)26(31)17-15-25(8,16-18-26)34-24(30)28(32,21(5)6)14-11-23(29)33-27(20(3)4)12-9-22(7)10-13-27/h9,15,17,19-21,23,29,31-32H,10-14,16,18H2,1-8H3. The lowest BCUT2D eigenvalue weighted by Crippen LogP contribution is -2.50. The van der Waals surface area contributed by atoms with Crippen LogP contribution in [0.1, 0.15) is 100 Å². The van der Waals surface area contributed by atoms with E-state index in [9.17, 15) is 20.1 Å². The van der Waals surface area contributed by atoms with Crippen molar-refractivity contribution in [3.8, 4) is 0 Å². The van der Waals surface area contributed by atoms with Gasteiger partial charge in [-0.1, -0.05) is 59.3 Å². The zero-order valence-electron chi connectivity index (χ0n) is 22.6. The zero-order chi connectivity index (χ0) is 25.9.